The van der Waals surface area contributed by atoms with Crippen molar-refractivity contribution in [3.63, 3.8) is 0 Å². The fraction of sp³-hybridized carbons (Fsp3) is 0.684. The van der Waals surface area contributed by atoms with Crippen molar-refractivity contribution >= 4 is 11.6 Å². The summed E-state index contributed by atoms with van der Waals surface area (Å²) in [4.78, 5) is 0. The molecule has 4 bridgehead atoms. The van der Waals surface area contributed by atoms with Crippen molar-refractivity contribution in [1.82, 2.24) is 0 Å². The maximum atomic E-state index is 6.53. The van der Waals surface area contributed by atoms with Crippen LogP contribution in [-0.2, 0) is 6.42 Å². The second-order valence-corrected chi connectivity index (χ2v) is 8.65. The summed E-state index contributed by atoms with van der Waals surface area (Å²) >= 11 is 6.09. The molecule has 0 saturated heterocycles. The number of halogens is 1. The minimum absolute atomic E-state index is 0.291. The van der Waals surface area contributed by atoms with Crippen LogP contribution < -0.4 is 5.73 Å². The summed E-state index contributed by atoms with van der Waals surface area (Å²) in [6.07, 6.45) is 11.1. The molecule has 0 radical (unpaired) electrons. The Morgan fingerprint density at radius 2 is 1.71 bits per heavy atom. The fourth-order valence-corrected chi connectivity index (χ4v) is 6.35. The van der Waals surface area contributed by atoms with Crippen LogP contribution in [0.2, 0.25) is 5.02 Å². The second-order valence-electron chi connectivity index (χ2n) is 8.22. The summed E-state index contributed by atoms with van der Waals surface area (Å²) in [5.41, 5.74) is 8.42. The number of rotatable bonds is 4. The Kier molecular flexibility index (Phi) is 3.54. The minimum atomic E-state index is 0.291. The van der Waals surface area contributed by atoms with E-state index in [1.165, 1.54) is 50.5 Å². The number of hydrogen-bond acceptors (Lipinski definition) is 1. The second kappa shape index (κ2) is 5.28. The van der Waals surface area contributed by atoms with E-state index in [1.54, 1.807) is 0 Å². The summed E-state index contributed by atoms with van der Waals surface area (Å²) in [5, 5.41) is 0.828. The lowest BCUT2D eigenvalue weighted by molar-refractivity contribution is -0.0602. The van der Waals surface area contributed by atoms with Crippen LogP contribution in [0.1, 0.15) is 50.5 Å². The van der Waals surface area contributed by atoms with Gasteiger partial charge in [0.05, 0.1) is 0 Å². The molecule has 4 fully saturated rings. The first-order valence-electron chi connectivity index (χ1n) is 8.60. The molecule has 5 rings (SSSR count). The van der Waals surface area contributed by atoms with E-state index in [-0.39, 0.29) is 0 Å². The van der Waals surface area contributed by atoms with Gasteiger partial charge in [0.15, 0.2) is 0 Å². The maximum Gasteiger partial charge on any atom is 0.0408 e. The molecule has 4 aliphatic carbocycles. The van der Waals surface area contributed by atoms with Crippen molar-refractivity contribution in [2.75, 3.05) is 0 Å². The molecule has 1 atom stereocenters. The normalized spacial score (nSPS) is 38.7. The molecule has 0 spiro atoms. The quantitative estimate of drug-likeness (QED) is 0.848. The molecule has 1 nitrogen and oxygen atoms in total. The van der Waals surface area contributed by atoms with Crippen LogP contribution in [0.15, 0.2) is 24.3 Å². The van der Waals surface area contributed by atoms with E-state index in [0.29, 0.717) is 11.5 Å². The molecule has 0 amide bonds. The van der Waals surface area contributed by atoms with Gasteiger partial charge in [0.1, 0.15) is 0 Å². The SMILES string of the molecule is NC(Cc1cccc(Cl)c1)CC12CC3CC(CC(C3)C1)C2. The predicted octanol–water partition coefficient (Wildman–Crippen LogP) is 4.82. The van der Waals surface area contributed by atoms with E-state index < -0.39 is 0 Å². The van der Waals surface area contributed by atoms with E-state index in [1.807, 2.05) is 12.1 Å². The molecular formula is C19H26ClN. The highest BCUT2D eigenvalue weighted by atomic mass is 35.5. The topological polar surface area (TPSA) is 26.0 Å². The molecule has 21 heavy (non-hydrogen) atoms. The Hall–Kier alpha value is -0.530. The zero-order valence-electron chi connectivity index (χ0n) is 12.7. The summed E-state index contributed by atoms with van der Waals surface area (Å²) < 4.78 is 0. The Bertz CT molecular complexity index is 489. The minimum Gasteiger partial charge on any atom is -0.327 e. The van der Waals surface area contributed by atoms with Crippen LogP contribution in [0.25, 0.3) is 0 Å². The van der Waals surface area contributed by atoms with E-state index in [2.05, 4.69) is 12.1 Å². The summed E-state index contributed by atoms with van der Waals surface area (Å²) in [7, 11) is 0. The lowest BCUT2D eigenvalue weighted by Crippen LogP contribution is -2.48. The first-order chi connectivity index (χ1) is 10.1. The van der Waals surface area contributed by atoms with Crippen molar-refractivity contribution in [3.05, 3.63) is 34.9 Å². The molecule has 0 aromatic heterocycles. The molecule has 114 valence electrons. The van der Waals surface area contributed by atoms with Crippen LogP contribution >= 0.6 is 11.6 Å². The third-order valence-electron chi connectivity index (χ3n) is 6.25. The number of hydrogen-bond donors (Lipinski definition) is 1. The van der Waals surface area contributed by atoms with Crippen molar-refractivity contribution in [2.45, 2.75) is 57.4 Å². The first-order valence-corrected chi connectivity index (χ1v) is 8.98. The van der Waals surface area contributed by atoms with Crippen LogP contribution in [-0.4, -0.2) is 6.04 Å². The Balaban J connectivity index is 1.43. The van der Waals surface area contributed by atoms with Crippen LogP contribution in [0.3, 0.4) is 0 Å². The van der Waals surface area contributed by atoms with Gasteiger partial charge >= 0.3 is 0 Å². The van der Waals surface area contributed by atoms with Gasteiger partial charge in [0.2, 0.25) is 0 Å². The van der Waals surface area contributed by atoms with Crippen LogP contribution in [0.5, 0.6) is 0 Å². The van der Waals surface area contributed by atoms with Gasteiger partial charge in [-0.25, -0.2) is 0 Å². The van der Waals surface area contributed by atoms with E-state index in [9.17, 15) is 0 Å². The van der Waals surface area contributed by atoms with Crippen LogP contribution in [0, 0.1) is 23.2 Å². The van der Waals surface area contributed by atoms with E-state index >= 15 is 0 Å². The lowest BCUT2D eigenvalue weighted by atomic mass is 9.48. The Morgan fingerprint density at radius 1 is 1.10 bits per heavy atom. The molecule has 0 aliphatic heterocycles. The molecule has 0 heterocycles. The zero-order valence-corrected chi connectivity index (χ0v) is 13.5. The smallest absolute Gasteiger partial charge is 0.0408 e. The van der Waals surface area contributed by atoms with Gasteiger partial charge < -0.3 is 5.73 Å². The average Bonchev–Trinajstić information content (AvgIpc) is 2.35. The Labute approximate surface area is 133 Å². The molecule has 1 unspecified atom stereocenters. The van der Waals surface area contributed by atoms with Gasteiger partial charge in [-0.15, -0.1) is 0 Å². The highest BCUT2D eigenvalue weighted by Gasteiger charge is 2.50. The van der Waals surface area contributed by atoms with Crippen LogP contribution in [0.4, 0.5) is 0 Å². The first kappa shape index (κ1) is 14.1. The standard InChI is InChI=1S/C19H26ClN/c20-17-3-1-2-13(7-17)8-18(21)12-19-9-14-4-15(10-19)6-16(5-14)11-19/h1-3,7,14-16,18H,4-6,8-12,21H2. The van der Waals surface area contributed by atoms with Crippen molar-refractivity contribution in [3.8, 4) is 0 Å². The zero-order chi connectivity index (χ0) is 14.4. The maximum absolute atomic E-state index is 6.53. The highest BCUT2D eigenvalue weighted by Crippen LogP contribution is 2.61. The molecule has 4 saturated carbocycles. The molecule has 1 aromatic carbocycles. The van der Waals surface area contributed by atoms with Gasteiger partial charge in [0.25, 0.3) is 0 Å². The van der Waals surface area contributed by atoms with Gasteiger partial charge in [-0.2, -0.15) is 0 Å². The van der Waals surface area contributed by atoms with Crippen molar-refractivity contribution in [2.24, 2.45) is 28.9 Å². The largest absolute Gasteiger partial charge is 0.327 e. The molecule has 2 N–H and O–H groups in total. The average molecular weight is 304 g/mol. The molecule has 4 aliphatic rings. The van der Waals surface area contributed by atoms with Gasteiger partial charge in [0, 0.05) is 11.1 Å². The molecule has 2 heteroatoms. The Morgan fingerprint density at radius 3 is 2.29 bits per heavy atom. The summed E-state index contributed by atoms with van der Waals surface area (Å²) in [6.45, 7) is 0. The lowest BCUT2D eigenvalue weighted by Gasteiger charge is -2.57. The fourth-order valence-electron chi connectivity index (χ4n) is 6.14. The number of benzene rings is 1. The van der Waals surface area contributed by atoms with E-state index in [4.69, 9.17) is 17.3 Å². The third-order valence-corrected chi connectivity index (χ3v) is 6.48. The monoisotopic (exact) mass is 303 g/mol. The summed E-state index contributed by atoms with van der Waals surface area (Å²) in [6, 6.07) is 8.50. The summed E-state index contributed by atoms with van der Waals surface area (Å²) in [5.74, 6) is 3.07. The third kappa shape index (κ3) is 2.87. The van der Waals surface area contributed by atoms with Gasteiger partial charge in [-0.1, -0.05) is 23.7 Å². The van der Waals surface area contributed by atoms with Gasteiger partial charge in [-0.05, 0) is 92.2 Å². The predicted molar refractivity (Wildman–Crippen MR) is 88.4 cm³/mol. The molecular weight excluding hydrogens is 278 g/mol. The number of nitrogens with two attached hydrogens (primary N) is 1. The van der Waals surface area contributed by atoms with Crippen molar-refractivity contribution in [1.29, 1.82) is 0 Å². The van der Waals surface area contributed by atoms with E-state index in [0.717, 1.165) is 29.2 Å². The van der Waals surface area contributed by atoms with Gasteiger partial charge in [-0.3, -0.25) is 0 Å². The highest BCUT2D eigenvalue weighted by molar-refractivity contribution is 6.30. The van der Waals surface area contributed by atoms with Crippen molar-refractivity contribution < 1.29 is 0 Å². The molecule has 1 aromatic rings.